The molecular formula is C29H24F2N8O3S. The van der Waals surface area contributed by atoms with Crippen LogP contribution in [0.1, 0.15) is 18.9 Å². The number of sulfone groups is 1. The molecule has 0 radical (unpaired) electrons. The molecule has 0 atom stereocenters. The Labute approximate surface area is 243 Å². The van der Waals surface area contributed by atoms with Crippen molar-refractivity contribution in [2.45, 2.75) is 19.8 Å². The first-order chi connectivity index (χ1) is 20.6. The third-order valence-corrected chi connectivity index (χ3v) is 7.75. The summed E-state index contributed by atoms with van der Waals surface area (Å²) in [6.07, 6.45) is 7.36. The van der Waals surface area contributed by atoms with E-state index in [0.29, 0.717) is 39.1 Å². The van der Waals surface area contributed by atoms with E-state index in [1.54, 1.807) is 25.1 Å². The minimum absolute atomic E-state index is 0.0860. The average Bonchev–Trinajstić information content (AvgIpc) is 3.60. The molecule has 5 heterocycles. The molecule has 3 N–H and O–H groups in total. The molecule has 0 aliphatic carbocycles. The number of aromatic amines is 2. The minimum Gasteiger partial charge on any atom is -0.337 e. The van der Waals surface area contributed by atoms with Crippen LogP contribution in [-0.2, 0) is 21.1 Å². The van der Waals surface area contributed by atoms with Crippen LogP contribution in [0.2, 0.25) is 0 Å². The van der Waals surface area contributed by atoms with Gasteiger partial charge in [0, 0.05) is 48.0 Å². The molecule has 0 saturated carbocycles. The number of aryl methyl sites for hydroxylation is 1. The van der Waals surface area contributed by atoms with Crippen molar-refractivity contribution in [3.05, 3.63) is 72.3 Å². The Bertz CT molecular complexity index is 2140. The van der Waals surface area contributed by atoms with Gasteiger partial charge < -0.3 is 10.3 Å². The van der Waals surface area contributed by atoms with Gasteiger partial charge in [-0.2, -0.15) is 5.10 Å². The van der Waals surface area contributed by atoms with Gasteiger partial charge in [0.2, 0.25) is 5.91 Å². The number of rotatable bonds is 8. The molecule has 0 saturated heterocycles. The number of H-pyrrole nitrogens is 2. The first-order valence-corrected chi connectivity index (χ1v) is 15.3. The van der Waals surface area contributed by atoms with Gasteiger partial charge in [0.05, 0.1) is 34.2 Å². The van der Waals surface area contributed by atoms with Gasteiger partial charge in [-0.25, -0.2) is 27.2 Å². The van der Waals surface area contributed by atoms with Gasteiger partial charge in [0.25, 0.3) is 0 Å². The molecule has 0 bridgehead atoms. The van der Waals surface area contributed by atoms with Gasteiger partial charge >= 0.3 is 0 Å². The number of nitrogens with one attached hydrogen (secondary N) is 3. The molecule has 43 heavy (non-hydrogen) atoms. The number of benzene rings is 1. The average molecular weight is 603 g/mol. The number of imidazole rings is 1. The Morgan fingerprint density at radius 3 is 2.67 bits per heavy atom. The normalized spacial score (nSPS) is 11.8. The van der Waals surface area contributed by atoms with E-state index in [1.807, 2.05) is 0 Å². The molecule has 14 heteroatoms. The molecule has 0 aliphatic heterocycles. The summed E-state index contributed by atoms with van der Waals surface area (Å²) in [5.41, 5.74) is 3.57. The number of amides is 1. The fourth-order valence-electron chi connectivity index (χ4n) is 4.73. The number of carbonyl (C=O) groups is 1. The summed E-state index contributed by atoms with van der Waals surface area (Å²) < 4.78 is 53.9. The molecule has 0 aliphatic rings. The second kappa shape index (κ2) is 10.9. The number of fused-ring (bicyclic) bond motifs is 2. The van der Waals surface area contributed by atoms with Crippen molar-refractivity contribution in [3.63, 3.8) is 0 Å². The SMILES string of the molecule is CCC(=O)Nc1cncc(-c2cnc3n[nH]c(-c4nc5c(-c6cc(F)cc(CCS(C)(=O)=O)c6)nccc5[nH]4)c3c2F)c1. The van der Waals surface area contributed by atoms with Crippen molar-refractivity contribution in [3.8, 4) is 33.9 Å². The van der Waals surface area contributed by atoms with Gasteiger partial charge in [0.1, 0.15) is 32.7 Å². The molecular weight excluding hydrogens is 578 g/mol. The largest absolute Gasteiger partial charge is 0.337 e. The van der Waals surface area contributed by atoms with Crippen molar-refractivity contribution in [2.24, 2.45) is 0 Å². The van der Waals surface area contributed by atoms with Crippen molar-refractivity contribution in [1.82, 2.24) is 35.1 Å². The number of anilines is 1. The highest BCUT2D eigenvalue weighted by Gasteiger charge is 2.22. The molecule has 11 nitrogen and oxygen atoms in total. The molecule has 0 fully saturated rings. The Morgan fingerprint density at radius 2 is 1.88 bits per heavy atom. The van der Waals surface area contributed by atoms with E-state index in [4.69, 9.17) is 0 Å². The number of pyridine rings is 3. The van der Waals surface area contributed by atoms with Crippen LogP contribution in [0.4, 0.5) is 14.5 Å². The van der Waals surface area contributed by atoms with Crippen LogP contribution in [0, 0.1) is 11.6 Å². The smallest absolute Gasteiger partial charge is 0.224 e. The lowest BCUT2D eigenvalue weighted by atomic mass is 10.0. The van der Waals surface area contributed by atoms with Crippen LogP contribution in [0.5, 0.6) is 0 Å². The predicted molar refractivity (Wildman–Crippen MR) is 158 cm³/mol. The standard InChI is InChI=1S/C29H24F2N8O3S/c1-3-22(40)35-19-11-17(12-32-13-19)20-14-34-28-23(24(20)31)27(38-39-28)29-36-21-4-6-33-25(26(21)37-29)16-8-15(9-18(30)10-16)5-7-43(2,41)42/h4,6,8-14H,3,5,7H2,1-2H3,(H,35,40)(H,36,37)(H,34,38,39). The molecule has 5 aromatic heterocycles. The van der Waals surface area contributed by atoms with Crippen LogP contribution in [0.25, 0.3) is 56.0 Å². The zero-order valence-electron chi connectivity index (χ0n) is 22.9. The van der Waals surface area contributed by atoms with Crippen molar-refractivity contribution in [1.29, 1.82) is 0 Å². The fourth-order valence-corrected chi connectivity index (χ4v) is 5.33. The highest BCUT2D eigenvalue weighted by molar-refractivity contribution is 7.90. The Morgan fingerprint density at radius 1 is 1.05 bits per heavy atom. The number of aromatic nitrogens is 7. The van der Waals surface area contributed by atoms with E-state index >= 15 is 4.39 Å². The number of carbonyl (C=O) groups excluding carboxylic acids is 1. The van der Waals surface area contributed by atoms with E-state index in [9.17, 15) is 17.6 Å². The quantitative estimate of drug-likeness (QED) is 0.223. The van der Waals surface area contributed by atoms with Gasteiger partial charge in [-0.3, -0.25) is 19.9 Å². The maximum atomic E-state index is 16.1. The zero-order valence-corrected chi connectivity index (χ0v) is 23.8. The monoisotopic (exact) mass is 602 g/mol. The first-order valence-electron chi connectivity index (χ1n) is 13.2. The topological polar surface area (TPSA) is 159 Å². The summed E-state index contributed by atoms with van der Waals surface area (Å²) in [4.78, 5) is 32.5. The van der Waals surface area contributed by atoms with E-state index in [-0.39, 0.29) is 52.6 Å². The van der Waals surface area contributed by atoms with E-state index in [2.05, 4.69) is 40.4 Å². The van der Waals surface area contributed by atoms with Crippen molar-refractivity contribution in [2.75, 3.05) is 17.3 Å². The van der Waals surface area contributed by atoms with Crippen molar-refractivity contribution >= 4 is 43.5 Å². The van der Waals surface area contributed by atoms with E-state index in [1.165, 1.54) is 36.9 Å². The Balaban J connectivity index is 1.42. The lowest BCUT2D eigenvalue weighted by Gasteiger charge is -2.07. The van der Waals surface area contributed by atoms with Crippen LogP contribution in [0.3, 0.4) is 0 Å². The van der Waals surface area contributed by atoms with Gasteiger partial charge in [0.15, 0.2) is 11.5 Å². The first kappa shape index (κ1) is 28.0. The molecule has 218 valence electrons. The summed E-state index contributed by atoms with van der Waals surface area (Å²) in [5.74, 6) is -1.23. The minimum atomic E-state index is -3.24. The van der Waals surface area contributed by atoms with Gasteiger partial charge in [-0.15, -0.1) is 0 Å². The third kappa shape index (κ3) is 5.68. The van der Waals surface area contributed by atoms with E-state index in [0.717, 1.165) is 6.26 Å². The second-order valence-electron chi connectivity index (χ2n) is 10.0. The fraction of sp³-hybridized carbons (Fsp3) is 0.172. The third-order valence-electron chi connectivity index (χ3n) is 6.80. The molecule has 6 rings (SSSR count). The summed E-state index contributed by atoms with van der Waals surface area (Å²) in [5, 5.41) is 9.75. The molecule has 0 unspecified atom stereocenters. The van der Waals surface area contributed by atoms with Crippen LogP contribution in [0.15, 0.2) is 55.1 Å². The number of nitrogens with zero attached hydrogens (tertiary/aromatic N) is 5. The zero-order chi connectivity index (χ0) is 30.3. The number of hydrogen-bond acceptors (Lipinski definition) is 8. The highest BCUT2D eigenvalue weighted by Crippen LogP contribution is 2.34. The van der Waals surface area contributed by atoms with E-state index < -0.39 is 21.5 Å². The highest BCUT2D eigenvalue weighted by atomic mass is 32.2. The second-order valence-corrected chi connectivity index (χ2v) is 12.3. The maximum Gasteiger partial charge on any atom is 0.224 e. The lowest BCUT2D eigenvalue weighted by molar-refractivity contribution is -0.115. The Hall–Kier alpha value is -5.11. The summed E-state index contributed by atoms with van der Waals surface area (Å²) in [6, 6.07) is 7.55. The number of halogens is 2. The lowest BCUT2D eigenvalue weighted by Crippen LogP contribution is -2.09. The molecule has 0 spiro atoms. The molecule has 1 aromatic carbocycles. The van der Waals surface area contributed by atoms with Crippen molar-refractivity contribution < 1.29 is 22.0 Å². The van der Waals surface area contributed by atoms with Gasteiger partial charge in [-0.1, -0.05) is 6.92 Å². The number of hydrogen-bond donors (Lipinski definition) is 3. The summed E-state index contributed by atoms with van der Waals surface area (Å²) in [6.45, 7) is 1.72. The summed E-state index contributed by atoms with van der Waals surface area (Å²) in [7, 11) is -3.24. The maximum absolute atomic E-state index is 16.1. The molecule has 6 aromatic rings. The van der Waals surface area contributed by atoms with Gasteiger partial charge in [-0.05, 0) is 42.3 Å². The predicted octanol–water partition coefficient (Wildman–Crippen LogP) is 4.84. The Kier molecular flexibility index (Phi) is 7.13. The summed E-state index contributed by atoms with van der Waals surface area (Å²) >= 11 is 0. The molecule has 1 amide bonds. The van der Waals surface area contributed by atoms with Crippen LogP contribution < -0.4 is 5.32 Å². The van der Waals surface area contributed by atoms with Crippen LogP contribution >= 0.6 is 0 Å². The van der Waals surface area contributed by atoms with Crippen LogP contribution in [-0.4, -0.2) is 61.5 Å².